The minimum atomic E-state index is -3.51. The van der Waals surface area contributed by atoms with Gasteiger partial charge in [-0.05, 0) is 43.0 Å². The monoisotopic (exact) mass is 380 g/mol. The van der Waals surface area contributed by atoms with E-state index in [2.05, 4.69) is 0 Å². The van der Waals surface area contributed by atoms with Gasteiger partial charge in [-0.25, -0.2) is 8.42 Å². The second kappa shape index (κ2) is 7.75. The van der Waals surface area contributed by atoms with Gasteiger partial charge in [0.2, 0.25) is 15.9 Å². The lowest BCUT2D eigenvalue weighted by molar-refractivity contribution is -0.138. The van der Waals surface area contributed by atoms with Gasteiger partial charge < -0.3 is 10.0 Å². The fourth-order valence-electron chi connectivity index (χ4n) is 3.58. The van der Waals surface area contributed by atoms with Crippen LogP contribution in [0.4, 0.5) is 5.69 Å². The van der Waals surface area contributed by atoms with E-state index < -0.39 is 16.0 Å². The number of fused-ring (bicyclic) bond motifs is 1. The summed E-state index contributed by atoms with van der Waals surface area (Å²) in [6, 6.07) is 4.90. The average Bonchev–Trinajstić information content (AvgIpc) is 2.83. The fourth-order valence-corrected chi connectivity index (χ4v) is 5.15. The van der Waals surface area contributed by atoms with Gasteiger partial charge in [0.25, 0.3) is 0 Å². The second-order valence-corrected chi connectivity index (χ2v) is 8.74. The van der Waals surface area contributed by atoms with Crippen molar-refractivity contribution in [2.45, 2.75) is 49.8 Å². The number of sulfonamides is 1. The molecule has 1 aromatic carbocycles. The highest BCUT2D eigenvalue weighted by molar-refractivity contribution is 7.89. The Balaban J connectivity index is 1.79. The number of aliphatic carboxylic acids is 1. The largest absolute Gasteiger partial charge is 0.481 e. The number of anilines is 1. The molecule has 2 heterocycles. The van der Waals surface area contributed by atoms with E-state index in [0.717, 1.165) is 31.2 Å². The molecule has 0 unspecified atom stereocenters. The molecule has 0 aromatic heterocycles. The summed E-state index contributed by atoms with van der Waals surface area (Å²) < 4.78 is 27.4. The summed E-state index contributed by atoms with van der Waals surface area (Å²) in [5, 5.41) is 8.73. The van der Waals surface area contributed by atoms with E-state index in [-0.39, 0.29) is 23.6 Å². The number of carbonyl (C=O) groups is 2. The van der Waals surface area contributed by atoms with Gasteiger partial charge in [-0.2, -0.15) is 4.31 Å². The Labute approximate surface area is 153 Å². The molecule has 0 atom stereocenters. The van der Waals surface area contributed by atoms with Crippen molar-refractivity contribution in [3.05, 3.63) is 23.8 Å². The number of amides is 1. The van der Waals surface area contributed by atoms with Crippen molar-refractivity contribution in [2.75, 3.05) is 24.5 Å². The molecule has 0 saturated carbocycles. The SMILES string of the molecule is O=C(O)CCC(=O)N1CCc2cc(S(=O)(=O)N3CCCCCC3)ccc21. The Bertz CT molecular complexity index is 798. The van der Waals surface area contributed by atoms with Gasteiger partial charge >= 0.3 is 5.97 Å². The van der Waals surface area contributed by atoms with Gasteiger partial charge in [-0.15, -0.1) is 0 Å². The highest BCUT2D eigenvalue weighted by Gasteiger charge is 2.29. The number of carbonyl (C=O) groups excluding carboxylic acids is 1. The Morgan fingerprint density at radius 1 is 1.00 bits per heavy atom. The van der Waals surface area contributed by atoms with E-state index in [9.17, 15) is 18.0 Å². The zero-order valence-electron chi connectivity index (χ0n) is 14.7. The van der Waals surface area contributed by atoms with Crippen LogP contribution in [-0.2, 0) is 26.0 Å². The standard InChI is InChI=1S/C18H24N2O5S/c21-17(7-8-18(22)23)20-12-9-14-13-15(5-6-16(14)20)26(24,25)19-10-3-1-2-4-11-19/h5-6,13H,1-4,7-12H2,(H,22,23). The van der Waals surface area contributed by atoms with Gasteiger partial charge in [0.15, 0.2) is 0 Å². The predicted molar refractivity (Wildman–Crippen MR) is 96.6 cm³/mol. The quantitative estimate of drug-likeness (QED) is 0.843. The van der Waals surface area contributed by atoms with Crippen molar-refractivity contribution in [1.82, 2.24) is 4.31 Å². The molecule has 0 spiro atoms. The van der Waals surface area contributed by atoms with E-state index in [4.69, 9.17) is 5.11 Å². The maximum Gasteiger partial charge on any atom is 0.303 e. The number of nitrogens with zero attached hydrogens (tertiary/aromatic N) is 2. The van der Waals surface area contributed by atoms with Crippen molar-refractivity contribution < 1.29 is 23.1 Å². The van der Waals surface area contributed by atoms with Crippen LogP contribution >= 0.6 is 0 Å². The first-order valence-corrected chi connectivity index (χ1v) is 10.5. The van der Waals surface area contributed by atoms with Crippen molar-refractivity contribution in [3.8, 4) is 0 Å². The summed E-state index contributed by atoms with van der Waals surface area (Å²) in [5.74, 6) is -1.24. The zero-order chi connectivity index (χ0) is 18.7. The number of carboxylic acid groups (broad SMARTS) is 1. The zero-order valence-corrected chi connectivity index (χ0v) is 15.5. The van der Waals surface area contributed by atoms with Crippen LogP contribution in [0.1, 0.15) is 44.1 Å². The molecule has 0 aliphatic carbocycles. The normalized spacial score (nSPS) is 18.4. The molecule has 7 nitrogen and oxygen atoms in total. The predicted octanol–water partition coefficient (Wildman–Crippen LogP) is 2.01. The van der Waals surface area contributed by atoms with Crippen molar-refractivity contribution in [1.29, 1.82) is 0 Å². The minimum absolute atomic E-state index is 0.0530. The van der Waals surface area contributed by atoms with E-state index in [1.807, 2.05) is 0 Å². The molecule has 26 heavy (non-hydrogen) atoms. The molecule has 3 rings (SSSR count). The number of hydrogen-bond acceptors (Lipinski definition) is 4. The average molecular weight is 380 g/mol. The Morgan fingerprint density at radius 2 is 1.69 bits per heavy atom. The third-order valence-corrected chi connectivity index (χ3v) is 6.90. The highest BCUT2D eigenvalue weighted by Crippen LogP contribution is 2.32. The van der Waals surface area contributed by atoms with Crippen LogP contribution in [0.2, 0.25) is 0 Å². The lowest BCUT2D eigenvalue weighted by atomic mass is 10.2. The van der Waals surface area contributed by atoms with E-state index in [0.29, 0.717) is 31.7 Å². The van der Waals surface area contributed by atoms with Gasteiger partial charge in [0.1, 0.15) is 0 Å². The Kier molecular flexibility index (Phi) is 5.62. The van der Waals surface area contributed by atoms with Crippen LogP contribution in [0.5, 0.6) is 0 Å². The molecule has 0 bridgehead atoms. The summed E-state index contributed by atoms with van der Waals surface area (Å²) >= 11 is 0. The molecular formula is C18H24N2O5S. The first-order chi connectivity index (χ1) is 12.4. The maximum atomic E-state index is 12.9. The summed E-state index contributed by atoms with van der Waals surface area (Å²) in [6.45, 7) is 1.57. The third-order valence-electron chi connectivity index (χ3n) is 5.00. The summed E-state index contributed by atoms with van der Waals surface area (Å²) in [6.07, 6.45) is 4.21. The molecule has 1 fully saturated rings. The topological polar surface area (TPSA) is 95.0 Å². The molecule has 1 aromatic rings. The fraction of sp³-hybridized carbons (Fsp3) is 0.556. The van der Waals surface area contributed by atoms with Crippen molar-refractivity contribution >= 4 is 27.6 Å². The maximum absolute atomic E-state index is 12.9. The first kappa shape index (κ1) is 18.8. The third kappa shape index (κ3) is 3.91. The molecule has 2 aliphatic heterocycles. The minimum Gasteiger partial charge on any atom is -0.481 e. The molecule has 2 aliphatic rings. The van der Waals surface area contributed by atoms with Gasteiger partial charge in [-0.1, -0.05) is 12.8 Å². The lowest BCUT2D eigenvalue weighted by Crippen LogP contribution is -2.32. The summed E-state index contributed by atoms with van der Waals surface area (Å²) in [4.78, 5) is 24.7. The van der Waals surface area contributed by atoms with Gasteiger partial charge in [-0.3, -0.25) is 9.59 Å². The molecule has 0 radical (unpaired) electrons. The highest BCUT2D eigenvalue weighted by atomic mass is 32.2. The molecule has 1 amide bonds. The Morgan fingerprint density at radius 3 is 2.35 bits per heavy atom. The van der Waals surface area contributed by atoms with Crippen LogP contribution in [0.3, 0.4) is 0 Å². The lowest BCUT2D eigenvalue weighted by Gasteiger charge is -2.21. The van der Waals surface area contributed by atoms with Crippen molar-refractivity contribution in [2.24, 2.45) is 0 Å². The molecule has 1 saturated heterocycles. The number of hydrogen-bond donors (Lipinski definition) is 1. The van der Waals surface area contributed by atoms with E-state index in [1.54, 1.807) is 27.4 Å². The number of carboxylic acids is 1. The van der Waals surface area contributed by atoms with Crippen LogP contribution in [-0.4, -0.2) is 49.3 Å². The van der Waals surface area contributed by atoms with E-state index in [1.165, 1.54) is 0 Å². The summed E-state index contributed by atoms with van der Waals surface area (Å²) in [5.41, 5.74) is 1.51. The smallest absolute Gasteiger partial charge is 0.303 e. The molecule has 1 N–H and O–H groups in total. The van der Waals surface area contributed by atoms with Crippen LogP contribution in [0.15, 0.2) is 23.1 Å². The van der Waals surface area contributed by atoms with Gasteiger partial charge in [0.05, 0.1) is 11.3 Å². The van der Waals surface area contributed by atoms with Crippen LogP contribution < -0.4 is 4.90 Å². The first-order valence-electron chi connectivity index (χ1n) is 9.05. The molecule has 142 valence electrons. The van der Waals surface area contributed by atoms with E-state index >= 15 is 0 Å². The molecular weight excluding hydrogens is 356 g/mol. The molecule has 8 heteroatoms. The Hall–Kier alpha value is -1.93. The van der Waals surface area contributed by atoms with Crippen molar-refractivity contribution in [3.63, 3.8) is 0 Å². The van der Waals surface area contributed by atoms with Crippen LogP contribution in [0, 0.1) is 0 Å². The van der Waals surface area contributed by atoms with Gasteiger partial charge in [0, 0.05) is 31.7 Å². The summed E-state index contributed by atoms with van der Waals surface area (Å²) in [7, 11) is -3.51. The van der Waals surface area contributed by atoms with Crippen LogP contribution in [0.25, 0.3) is 0 Å². The number of benzene rings is 1. The number of rotatable bonds is 5. The second-order valence-electron chi connectivity index (χ2n) is 6.80.